The lowest BCUT2D eigenvalue weighted by molar-refractivity contribution is -0.135. The lowest BCUT2D eigenvalue weighted by Crippen LogP contribution is -2.38. The van der Waals surface area contributed by atoms with E-state index in [4.69, 9.17) is 15.7 Å². The van der Waals surface area contributed by atoms with Gasteiger partial charge in [-0.2, -0.15) is 9.61 Å². The van der Waals surface area contributed by atoms with E-state index in [1.807, 2.05) is 12.3 Å². The molecule has 0 spiro atoms. The van der Waals surface area contributed by atoms with Crippen molar-refractivity contribution < 1.29 is 9.90 Å². The van der Waals surface area contributed by atoms with Gasteiger partial charge in [0.05, 0.1) is 18.4 Å². The van der Waals surface area contributed by atoms with Crippen LogP contribution in [0.25, 0.3) is 16.8 Å². The summed E-state index contributed by atoms with van der Waals surface area (Å²) in [5.74, 6) is 0.525. The van der Waals surface area contributed by atoms with Crippen LogP contribution in [0.15, 0.2) is 48.8 Å². The summed E-state index contributed by atoms with van der Waals surface area (Å²) in [6.45, 7) is 0.335. The van der Waals surface area contributed by atoms with Crippen molar-refractivity contribution in [3.8, 4) is 11.1 Å². The van der Waals surface area contributed by atoms with E-state index in [1.54, 1.807) is 15.6 Å². The molecule has 1 aliphatic carbocycles. The van der Waals surface area contributed by atoms with Gasteiger partial charge in [-0.3, -0.25) is 9.78 Å². The highest BCUT2D eigenvalue weighted by Gasteiger charge is 2.25. The van der Waals surface area contributed by atoms with Crippen molar-refractivity contribution in [3.63, 3.8) is 0 Å². The molecule has 1 aliphatic heterocycles. The minimum Gasteiger partial charge on any atom is -0.387 e. The Morgan fingerprint density at radius 1 is 1.23 bits per heavy atom. The first kappa shape index (κ1) is 19.4. The lowest BCUT2D eigenvalue weighted by Gasteiger charge is -2.28. The third-order valence-corrected chi connectivity index (χ3v) is 6.01. The van der Waals surface area contributed by atoms with E-state index in [0.29, 0.717) is 31.0 Å². The summed E-state index contributed by atoms with van der Waals surface area (Å²) in [6, 6.07) is 4.09. The average Bonchev–Trinajstić information content (AvgIpc) is 3.04. The molecule has 0 bridgehead atoms. The number of hydrogen-bond acceptors (Lipinski definition) is 6. The predicted octanol–water partition coefficient (Wildman–Crippen LogP) is 2.24. The summed E-state index contributed by atoms with van der Waals surface area (Å²) in [5.41, 5.74) is 11.5. The number of fused-ring (bicyclic) bond motifs is 2. The van der Waals surface area contributed by atoms with E-state index < -0.39 is 6.61 Å². The molecule has 8 heteroatoms. The lowest BCUT2D eigenvalue weighted by atomic mass is 10.00. The highest BCUT2D eigenvalue weighted by molar-refractivity contribution is 5.79. The molecule has 3 N–H and O–H groups in total. The van der Waals surface area contributed by atoms with Crippen molar-refractivity contribution >= 4 is 17.4 Å². The summed E-state index contributed by atoms with van der Waals surface area (Å²) in [7, 11) is 0. The Labute approximate surface area is 179 Å². The molecule has 0 saturated carbocycles. The number of nitrogens with zero attached hydrogens (tertiary/aromatic N) is 5. The van der Waals surface area contributed by atoms with Gasteiger partial charge in [0.2, 0.25) is 5.91 Å². The van der Waals surface area contributed by atoms with Crippen molar-refractivity contribution in [3.05, 3.63) is 65.8 Å². The number of pyridine rings is 1. The predicted molar refractivity (Wildman–Crippen MR) is 117 cm³/mol. The number of aromatic nitrogens is 4. The molecule has 0 fully saturated rings. The van der Waals surface area contributed by atoms with Gasteiger partial charge in [0.1, 0.15) is 12.4 Å². The number of nitrogen functional groups attached to an aromatic ring is 1. The number of nitrogens with two attached hydrogens (primary N) is 1. The van der Waals surface area contributed by atoms with Gasteiger partial charge in [0.25, 0.3) is 0 Å². The van der Waals surface area contributed by atoms with Crippen molar-refractivity contribution in [1.29, 1.82) is 0 Å². The Bertz CT molecular complexity index is 1190. The maximum atomic E-state index is 11.9. The second-order valence-corrected chi connectivity index (χ2v) is 7.89. The normalized spacial score (nSPS) is 18.2. The quantitative estimate of drug-likeness (QED) is 0.634. The fourth-order valence-electron chi connectivity index (χ4n) is 4.27. The molecule has 1 unspecified atom stereocenters. The fraction of sp³-hybridized carbons (Fsp3) is 0.304. The highest BCUT2D eigenvalue weighted by Crippen LogP contribution is 2.30. The van der Waals surface area contributed by atoms with Crippen LogP contribution in [0, 0.1) is 0 Å². The van der Waals surface area contributed by atoms with E-state index in [9.17, 15) is 9.90 Å². The summed E-state index contributed by atoms with van der Waals surface area (Å²) >= 11 is 0. The topological polar surface area (TPSA) is 110 Å². The van der Waals surface area contributed by atoms with E-state index >= 15 is 0 Å². The number of aliphatic hydroxyl groups excluding tert-OH is 1. The molecule has 1 atom stereocenters. The Balaban J connectivity index is 1.50. The number of rotatable bonds is 3. The molecule has 0 radical (unpaired) electrons. The molecule has 5 rings (SSSR count). The largest absolute Gasteiger partial charge is 0.387 e. The minimum atomic E-state index is -0.505. The molecule has 31 heavy (non-hydrogen) atoms. The van der Waals surface area contributed by atoms with Gasteiger partial charge >= 0.3 is 0 Å². The molecule has 1 amide bonds. The first-order valence-corrected chi connectivity index (χ1v) is 10.5. The van der Waals surface area contributed by atoms with Crippen LogP contribution in [0.5, 0.6) is 0 Å². The third kappa shape index (κ3) is 3.48. The Morgan fingerprint density at radius 3 is 2.94 bits per heavy atom. The van der Waals surface area contributed by atoms with Crippen LogP contribution in [0.1, 0.15) is 35.7 Å². The average molecular weight is 416 g/mol. The number of carbonyl (C=O) groups is 1. The minimum absolute atomic E-state index is 0.285. The zero-order valence-corrected chi connectivity index (χ0v) is 17.1. The maximum absolute atomic E-state index is 11.9. The van der Waals surface area contributed by atoms with Crippen LogP contribution < -0.4 is 5.73 Å². The molecule has 4 heterocycles. The van der Waals surface area contributed by atoms with Crippen molar-refractivity contribution in [2.24, 2.45) is 0 Å². The van der Waals surface area contributed by atoms with E-state index in [1.165, 1.54) is 0 Å². The van der Waals surface area contributed by atoms with Gasteiger partial charge in [0, 0.05) is 41.0 Å². The second kappa shape index (κ2) is 7.96. The van der Waals surface area contributed by atoms with Crippen LogP contribution in [0.4, 0.5) is 5.82 Å². The Kier molecular flexibility index (Phi) is 4.99. The summed E-state index contributed by atoms with van der Waals surface area (Å²) in [5, 5.41) is 13.6. The van der Waals surface area contributed by atoms with Gasteiger partial charge in [-0.15, -0.1) is 0 Å². The monoisotopic (exact) mass is 416 g/mol. The van der Waals surface area contributed by atoms with E-state index in [2.05, 4.69) is 35.5 Å². The number of hydrogen-bond donors (Lipinski definition) is 2. The standard InChI is InChI=1S/C23H24N6O2/c24-22-17-9-10-28(21(31)14-30)13-20(17)27-23-18(12-26-29(22)23)16-7-8-19(25-11-16)15-5-3-1-2-4-6-15/h1,3-4,6-8,11-12,15,30H,2,5,9-10,13-14,24H2. The smallest absolute Gasteiger partial charge is 0.248 e. The van der Waals surface area contributed by atoms with Gasteiger partial charge in [-0.05, 0) is 25.3 Å². The number of aliphatic hydroxyl groups is 1. The van der Waals surface area contributed by atoms with Gasteiger partial charge in [-0.1, -0.05) is 30.4 Å². The Hall–Kier alpha value is -3.52. The summed E-state index contributed by atoms with van der Waals surface area (Å²) in [4.78, 5) is 23.0. The molecular formula is C23H24N6O2. The number of amides is 1. The molecule has 2 aliphatic rings. The zero-order chi connectivity index (χ0) is 21.4. The van der Waals surface area contributed by atoms with Gasteiger partial charge in [0.15, 0.2) is 5.65 Å². The molecule has 0 saturated heterocycles. The number of allylic oxidation sites excluding steroid dienone is 4. The van der Waals surface area contributed by atoms with Crippen LogP contribution in [-0.2, 0) is 17.8 Å². The second-order valence-electron chi connectivity index (χ2n) is 7.89. The Morgan fingerprint density at radius 2 is 2.13 bits per heavy atom. The number of anilines is 1. The van der Waals surface area contributed by atoms with Gasteiger partial charge in [-0.25, -0.2) is 4.98 Å². The summed E-state index contributed by atoms with van der Waals surface area (Å²) in [6.07, 6.45) is 14.9. The third-order valence-electron chi connectivity index (χ3n) is 6.01. The molecule has 3 aromatic rings. The first-order chi connectivity index (χ1) is 15.2. The molecule has 8 nitrogen and oxygen atoms in total. The number of carbonyl (C=O) groups excluding carboxylic acids is 1. The highest BCUT2D eigenvalue weighted by atomic mass is 16.3. The molecule has 3 aromatic heterocycles. The van der Waals surface area contributed by atoms with Crippen molar-refractivity contribution in [2.75, 3.05) is 18.9 Å². The van der Waals surface area contributed by atoms with E-state index in [-0.39, 0.29) is 11.8 Å². The van der Waals surface area contributed by atoms with Gasteiger partial charge < -0.3 is 15.7 Å². The van der Waals surface area contributed by atoms with Crippen molar-refractivity contribution in [1.82, 2.24) is 24.5 Å². The SMILES string of the molecule is Nc1c2c(nc3c(-c4ccc(C5C=CCC=CC5)nc4)cnn13)CN(C(=O)CO)CC2. The van der Waals surface area contributed by atoms with Crippen LogP contribution in [-0.4, -0.2) is 48.6 Å². The van der Waals surface area contributed by atoms with Crippen LogP contribution in [0.3, 0.4) is 0 Å². The van der Waals surface area contributed by atoms with Crippen LogP contribution >= 0.6 is 0 Å². The first-order valence-electron chi connectivity index (χ1n) is 10.5. The van der Waals surface area contributed by atoms with Crippen molar-refractivity contribution in [2.45, 2.75) is 31.7 Å². The maximum Gasteiger partial charge on any atom is 0.248 e. The fourth-order valence-corrected chi connectivity index (χ4v) is 4.27. The summed E-state index contributed by atoms with van der Waals surface area (Å²) < 4.78 is 1.66. The molecule has 0 aromatic carbocycles. The van der Waals surface area contributed by atoms with E-state index in [0.717, 1.165) is 40.9 Å². The van der Waals surface area contributed by atoms with Crippen LogP contribution in [0.2, 0.25) is 0 Å². The molecular weight excluding hydrogens is 392 g/mol. The molecule has 158 valence electrons. The zero-order valence-electron chi connectivity index (χ0n) is 17.1.